The van der Waals surface area contributed by atoms with Gasteiger partial charge in [-0.1, -0.05) is 24.3 Å². The van der Waals surface area contributed by atoms with Crippen LogP contribution in [0.5, 0.6) is 28.7 Å². The van der Waals surface area contributed by atoms with Gasteiger partial charge in [-0.05, 0) is 44.5 Å². The Hall–Kier alpha value is -4.98. The molecule has 296 valence electrons. The lowest BCUT2D eigenvalue weighted by atomic mass is 9.76. The Morgan fingerprint density at radius 2 is 1.95 bits per heavy atom. The number of para-hydroxylation sites is 1. The van der Waals surface area contributed by atoms with Crippen molar-refractivity contribution >= 4 is 34.7 Å². The van der Waals surface area contributed by atoms with Crippen LogP contribution in [0.15, 0.2) is 34.7 Å². The Morgan fingerprint density at radius 3 is 2.70 bits per heavy atom. The average molecular weight is 794 g/mol. The van der Waals surface area contributed by atoms with E-state index in [1.54, 1.807) is 0 Å². The number of nitrogens with two attached hydrogens (primary N) is 1. The molecule has 8 aliphatic rings. The number of carbonyl (C=O) groups excluding carboxylic acids is 2. The van der Waals surface area contributed by atoms with Crippen LogP contribution >= 0.6 is 11.8 Å². The number of nitriles is 1. The Bertz CT molecular complexity index is 2460. The number of rotatable bonds is 3. The zero-order chi connectivity index (χ0) is 39.7. The van der Waals surface area contributed by atoms with E-state index in [0.717, 1.165) is 22.1 Å². The second-order valence-corrected chi connectivity index (χ2v) is 17.2. The second-order valence-electron chi connectivity index (χ2n) is 16.1. The predicted molar refractivity (Wildman–Crippen MR) is 208 cm³/mol. The lowest BCUT2D eigenvalue weighted by Crippen LogP contribution is -2.69. The SMILES string of the molecule is COc1c(C)cc2c(c1O)[C@@H]1C3[C@@H]4SC[C@]5(N[C@@H](CN)Cc6c5oc5ccccc65)C(=O)OC[C@@H](c5c6c(c(C)c(OC(C)=O)c54)OCO6)N3[C@](C#N)(C2)CN1C. The van der Waals surface area contributed by atoms with E-state index in [9.17, 15) is 15.2 Å². The molecule has 0 radical (unpaired) electrons. The van der Waals surface area contributed by atoms with Crippen LogP contribution < -0.4 is 30.0 Å². The number of methoxy groups -OCH3 is 1. The predicted octanol–water partition coefficient (Wildman–Crippen LogP) is 4.35. The number of fused-ring (bicyclic) bond motifs is 8. The van der Waals surface area contributed by atoms with E-state index in [4.69, 9.17) is 33.8 Å². The Kier molecular flexibility index (Phi) is 8.14. The number of aryl methyl sites for hydroxylation is 1. The van der Waals surface area contributed by atoms with Gasteiger partial charge < -0.3 is 38.9 Å². The van der Waals surface area contributed by atoms with Crippen LogP contribution in [0.3, 0.4) is 0 Å². The molecule has 8 atom stereocenters. The lowest BCUT2D eigenvalue weighted by molar-refractivity contribution is -0.159. The molecule has 8 aliphatic heterocycles. The summed E-state index contributed by atoms with van der Waals surface area (Å²) in [6, 6.07) is 10.4. The average Bonchev–Trinajstić information content (AvgIpc) is 3.78. The zero-order valence-electron chi connectivity index (χ0n) is 32.3. The molecule has 15 heteroatoms. The second kappa shape index (κ2) is 12.8. The molecule has 3 aromatic carbocycles. The third-order valence-corrected chi connectivity index (χ3v) is 14.4. The molecule has 2 saturated heterocycles. The lowest BCUT2D eigenvalue weighted by Gasteiger charge is -2.60. The van der Waals surface area contributed by atoms with Crippen molar-refractivity contribution in [3.05, 3.63) is 75.0 Å². The van der Waals surface area contributed by atoms with E-state index in [1.165, 1.54) is 25.8 Å². The summed E-state index contributed by atoms with van der Waals surface area (Å²) < 4.78 is 37.5. The van der Waals surface area contributed by atoms with Gasteiger partial charge in [0.15, 0.2) is 28.5 Å². The molecule has 9 heterocycles. The molecule has 4 N–H and O–H groups in total. The van der Waals surface area contributed by atoms with Crippen molar-refractivity contribution in [1.29, 1.82) is 5.26 Å². The number of carbonyl (C=O) groups is 2. The molecule has 57 heavy (non-hydrogen) atoms. The summed E-state index contributed by atoms with van der Waals surface area (Å²) in [5.41, 5.74) is 9.50. The maximum Gasteiger partial charge on any atom is 0.335 e. The van der Waals surface area contributed by atoms with Crippen LogP contribution in [-0.4, -0.2) is 90.9 Å². The number of ether oxygens (including phenoxy) is 5. The summed E-state index contributed by atoms with van der Waals surface area (Å²) in [5, 5.41) is 27.6. The summed E-state index contributed by atoms with van der Waals surface area (Å²) in [6.07, 6.45) is 0.835. The number of aromatic hydroxyl groups is 1. The van der Waals surface area contributed by atoms with Crippen molar-refractivity contribution in [2.75, 3.05) is 46.4 Å². The van der Waals surface area contributed by atoms with E-state index in [1.807, 2.05) is 51.2 Å². The van der Waals surface area contributed by atoms with Crippen LogP contribution in [0.2, 0.25) is 0 Å². The highest BCUT2D eigenvalue weighted by Gasteiger charge is 2.64. The van der Waals surface area contributed by atoms with Crippen molar-refractivity contribution in [1.82, 2.24) is 15.1 Å². The molecule has 1 aromatic heterocycles. The van der Waals surface area contributed by atoms with E-state index in [2.05, 4.69) is 21.2 Å². The molecule has 14 nitrogen and oxygen atoms in total. The van der Waals surface area contributed by atoms with E-state index >= 15 is 4.79 Å². The largest absolute Gasteiger partial charge is 0.504 e. The maximum absolute atomic E-state index is 15.1. The minimum Gasteiger partial charge on any atom is -0.504 e. The number of furan rings is 1. The number of likely N-dealkylation sites (N-methyl/N-ethyl adjacent to an activating group) is 1. The van der Waals surface area contributed by atoms with Gasteiger partial charge in [-0.2, -0.15) is 5.26 Å². The van der Waals surface area contributed by atoms with Gasteiger partial charge in [0.2, 0.25) is 6.79 Å². The highest BCUT2D eigenvalue weighted by molar-refractivity contribution is 7.99. The van der Waals surface area contributed by atoms with Gasteiger partial charge >= 0.3 is 11.9 Å². The van der Waals surface area contributed by atoms with Crippen molar-refractivity contribution in [3.8, 4) is 34.8 Å². The van der Waals surface area contributed by atoms with E-state index in [-0.39, 0.29) is 43.9 Å². The first-order valence-corrected chi connectivity index (χ1v) is 20.2. The number of phenols is 1. The molecule has 4 bridgehead atoms. The number of piperazine rings is 1. The first-order valence-electron chi connectivity index (χ1n) is 19.2. The molecule has 12 rings (SSSR count). The number of hydrogen-bond acceptors (Lipinski definition) is 15. The molecule has 0 aliphatic carbocycles. The number of esters is 2. The van der Waals surface area contributed by atoms with Crippen molar-refractivity contribution in [2.24, 2.45) is 5.73 Å². The van der Waals surface area contributed by atoms with Crippen LogP contribution in [0.1, 0.15) is 69.0 Å². The first kappa shape index (κ1) is 36.4. The van der Waals surface area contributed by atoms with Gasteiger partial charge in [0, 0.05) is 77.5 Å². The van der Waals surface area contributed by atoms with Gasteiger partial charge in [-0.15, -0.1) is 11.8 Å². The summed E-state index contributed by atoms with van der Waals surface area (Å²) in [5.74, 6) is 1.20. The molecule has 1 spiro atoms. The standard InChI is InChI=1S/C42H43N5O9S/c1-19-10-22-12-41(15-44)16-46(4)31(28(22)33(49)34(19)51-5)32-38-30-29(37-36(53-18-54-37)20(2)35(30)55-21(3)48)26(47(32)41)14-52-40(50)42(17-57-38)39-25(11-23(13-43)45-42)24-8-6-7-9-27(24)56-39/h6-10,23,26,31-32,38,45,49H,11-14,16-18,43H2,1-5H3/t23-,26+,31-,32?,38-,41+,42-/m1/s1. The molecule has 2 unspecified atom stereocenters. The fourth-order valence-corrected chi connectivity index (χ4v) is 12.5. The summed E-state index contributed by atoms with van der Waals surface area (Å²) >= 11 is 1.49. The smallest absolute Gasteiger partial charge is 0.335 e. The van der Waals surface area contributed by atoms with Crippen molar-refractivity contribution in [3.63, 3.8) is 0 Å². The molecular weight excluding hydrogens is 751 g/mol. The summed E-state index contributed by atoms with van der Waals surface area (Å²) in [7, 11) is 3.51. The highest BCUT2D eigenvalue weighted by Crippen LogP contribution is 2.65. The number of nitrogens with zero attached hydrogens (tertiary/aromatic N) is 3. The highest BCUT2D eigenvalue weighted by atomic mass is 32.2. The maximum atomic E-state index is 15.1. The van der Waals surface area contributed by atoms with E-state index in [0.29, 0.717) is 69.6 Å². The van der Waals surface area contributed by atoms with E-state index < -0.39 is 46.4 Å². The van der Waals surface area contributed by atoms with Gasteiger partial charge in [-0.25, -0.2) is 4.79 Å². The van der Waals surface area contributed by atoms with Crippen LogP contribution in [0.25, 0.3) is 11.0 Å². The molecule has 0 saturated carbocycles. The zero-order valence-corrected chi connectivity index (χ0v) is 33.1. The van der Waals surface area contributed by atoms with Crippen LogP contribution in [0.4, 0.5) is 0 Å². The molecule has 4 aromatic rings. The normalized spacial score (nSPS) is 30.8. The van der Waals surface area contributed by atoms with Crippen molar-refractivity contribution < 1.29 is 42.8 Å². The fraction of sp³-hybridized carbons (Fsp3) is 0.452. The Morgan fingerprint density at radius 1 is 1.16 bits per heavy atom. The summed E-state index contributed by atoms with van der Waals surface area (Å²) in [4.78, 5) is 32.4. The van der Waals surface area contributed by atoms with Gasteiger partial charge in [0.1, 0.15) is 29.2 Å². The third-order valence-electron chi connectivity index (χ3n) is 12.9. The van der Waals surface area contributed by atoms with Gasteiger partial charge in [0.25, 0.3) is 0 Å². The quantitative estimate of drug-likeness (QED) is 0.197. The number of hydrogen-bond donors (Lipinski definition) is 3. The van der Waals surface area contributed by atoms with Crippen LogP contribution in [0, 0.1) is 25.2 Å². The Balaban J connectivity index is 1.27. The molecular formula is C42H43N5O9S. The van der Waals surface area contributed by atoms with Gasteiger partial charge in [-0.3, -0.25) is 19.9 Å². The monoisotopic (exact) mass is 793 g/mol. The first-order chi connectivity index (χ1) is 27.5. The van der Waals surface area contributed by atoms with Crippen molar-refractivity contribution in [2.45, 2.75) is 74.1 Å². The van der Waals surface area contributed by atoms with Gasteiger partial charge in [0.05, 0.1) is 30.5 Å². The Labute approximate surface area is 333 Å². The fourth-order valence-electron chi connectivity index (χ4n) is 10.9. The molecule has 0 amide bonds. The topological polar surface area (TPSA) is 182 Å². The minimum absolute atomic E-state index is 0.0229. The summed E-state index contributed by atoms with van der Waals surface area (Å²) in [6.45, 7) is 5.43. The number of nitrogens with one attached hydrogen (secondary N) is 1. The van der Waals surface area contributed by atoms with Crippen LogP contribution in [-0.2, 0) is 32.7 Å². The number of phenolic OH excluding ortho intramolecular Hbond substituents is 1. The third kappa shape index (κ3) is 4.85. The minimum atomic E-state index is -1.46. The number of thioether (sulfide) groups is 1. The molecule has 2 fully saturated rings. The number of benzene rings is 3.